The van der Waals surface area contributed by atoms with Crippen molar-refractivity contribution in [3.8, 4) is 11.1 Å². The maximum atomic E-state index is 5.82. The Hall–Kier alpha value is -1.84. The second kappa shape index (κ2) is 3.63. The van der Waals surface area contributed by atoms with Gasteiger partial charge in [-0.15, -0.1) is 0 Å². The predicted octanol–water partition coefficient (Wildman–Crippen LogP) is 2.62. The lowest BCUT2D eigenvalue weighted by Crippen LogP contribution is -2.13. The van der Waals surface area contributed by atoms with Crippen LogP contribution in [-0.2, 0) is 5.41 Å². The van der Waals surface area contributed by atoms with E-state index in [1.807, 2.05) is 12.1 Å². The standard InChI is InChI=1S/C12H15N3O/c1-12(2,3)10-9(11(13)16-15-10)8-4-6-14-7-5-8/h4-7H,13H2,1-3H3. The lowest BCUT2D eigenvalue weighted by molar-refractivity contribution is 0.405. The SMILES string of the molecule is CC(C)(C)c1noc(N)c1-c1ccncc1. The van der Waals surface area contributed by atoms with Crippen LogP contribution in [0.3, 0.4) is 0 Å². The molecule has 2 aromatic rings. The first-order chi connectivity index (χ1) is 7.50. The average molecular weight is 217 g/mol. The number of aromatic nitrogens is 2. The molecule has 84 valence electrons. The molecule has 0 aliphatic heterocycles. The van der Waals surface area contributed by atoms with Gasteiger partial charge in [-0.3, -0.25) is 4.98 Å². The Labute approximate surface area is 94.5 Å². The highest BCUT2D eigenvalue weighted by atomic mass is 16.5. The highest BCUT2D eigenvalue weighted by Gasteiger charge is 2.25. The molecule has 4 heteroatoms. The molecule has 2 aromatic heterocycles. The van der Waals surface area contributed by atoms with Gasteiger partial charge in [0.1, 0.15) is 0 Å². The Balaban J connectivity index is 2.61. The van der Waals surface area contributed by atoms with Crippen molar-refractivity contribution in [1.29, 1.82) is 0 Å². The first-order valence-corrected chi connectivity index (χ1v) is 5.16. The monoisotopic (exact) mass is 217 g/mol. The number of nitrogens with zero attached hydrogens (tertiary/aromatic N) is 2. The van der Waals surface area contributed by atoms with Crippen molar-refractivity contribution in [3.63, 3.8) is 0 Å². The van der Waals surface area contributed by atoms with Crippen LogP contribution in [-0.4, -0.2) is 10.1 Å². The van der Waals surface area contributed by atoms with Crippen LogP contribution in [0, 0.1) is 0 Å². The zero-order valence-corrected chi connectivity index (χ0v) is 9.69. The minimum atomic E-state index is -0.0975. The number of rotatable bonds is 1. The number of hydrogen-bond donors (Lipinski definition) is 1. The van der Waals surface area contributed by atoms with E-state index in [1.54, 1.807) is 12.4 Å². The summed E-state index contributed by atoms with van der Waals surface area (Å²) >= 11 is 0. The van der Waals surface area contributed by atoms with E-state index in [-0.39, 0.29) is 5.41 Å². The number of nitrogens with two attached hydrogens (primary N) is 1. The molecule has 0 atom stereocenters. The summed E-state index contributed by atoms with van der Waals surface area (Å²) < 4.78 is 5.08. The van der Waals surface area contributed by atoms with E-state index in [2.05, 4.69) is 30.9 Å². The average Bonchev–Trinajstić information content (AvgIpc) is 2.61. The van der Waals surface area contributed by atoms with Gasteiger partial charge in [0.25, 0.3) is 0 Å². The topological polar surface area (TPSA) is 64.9 Å². The Morgan fingerprint density at radius 2 is 1.81 bits per heavy atom. The van der Waals surface area contributed by atoms with Gasteiger partial charge in [-0.25, -0.2) is 0 Å². The molecule has 0 bridgehead atoms. The molecule has 2 heterocycles. The molecule has 16 heavy (non-hydrogen) atoms. The van der Waals surface area contributed by atoms with Crippen molar-refractivity contribution < 1.29 is 4.52 Å². The van der Waals surface area contributed by atoms with Crippen molar-refractivity contribution >= 4 is 5.88 Å². The van der Waals surface area contributed by atoms with E-state index in [4.69, 9.17) is 10.3 Å². The lowest BCUT2D eigenvalue weighted by atomic mass is 9.87. The molecule has 4 nitrogen and oxygen atoms in total. The molecule has 0 saturated carbocycles. The van der Waals surface area contributed by atoms with E-state index >= 15 is 0 Å². The number of pyridine rings is 1. The molecule has 0 aliphatic rings. The molecule has 0 saturated heterocycles. The van der Waals surface area contributed by atoms with Crippen LogP contribution in [0.25, 0.3) is 11.1 Å². The van der Waals surface area contributed by atoms with E-state index < -0.39 is 0 Å². The van der Waals surface area contributed by atoms with Crippen LogP contribution >= 0.6 is 0 Å². The smallest absolute Gasteiger partial charge is 0.230 e. The largest absolute Gasteiger partial charge is 0.367 e. The number of nitrogen functional groups attached to an aromatic ring is 1. The predicted molar refractivity (Wildman–Crippen MR) is 62.8 cm³/mol. The third-order valence-electron chi connectivity index (χ3n) is 2.40. The van der Waals surface area contributed by atoms with Crippen molar-refractivity contribution in [2.24, 2.45) is 0 Å². The van der Waals surface area contributed by atoms with Gasteiger partial charge in [-0.2, -0.15) is 0 Å². The van der Waals surface area contributed by atoms with Gasteiger partial charge in [0.2, 0.25) is 5.88 Å². The van der Waals surface area contributed by atoms with E-state index in [9.17, 15) is 0 Å². The van der Waals surface area contributed by atoms with Crippen LogP contribution in [0.2, 0.25) is 0 Å². The Morgan fingerprint density at radius 1 is 1.19 bits per heavy atom. The molecule has 0 aliphatic carbocycles. The molecule has 0 spiro atoms. The van der Waals surface area contributed by atoms with Gasteiger partial charge in [0.15, 0.2) is 0 Å². The summed E-state index contributed by atoms with van der Waals surface area (Å²) in [7, 11) is 0. The van der Waals surface area contributed by atoms with Gasteiger partial charge in [-0.05, 0) is 17.7 Å². The Bertz CT molecular complexity index is 483. The van der Waals surface area contributed by atoms with Gasteiger partial charge >= 0.3 is 0 Å². The summed E-state index contributed by atoms with van der Waals surface area (Å²) in [5.41, 5.74) is 8.45. The van der Waals surface area contributed by atoms with Gasteiger partial charge in [0, 0.05) is 17.8 Å². The lowest BCUT2D eigenvalue weighted by Gasteiger charge is -2.16. The summed E-state index contributed by atoms with van der Waals surface area (Å²) in [6, 6.07) is 3.80. The maximum absolute atomic E-state index is 5.82. The van der Waals surface area contributed by atoms with Crippen molar-refractivity contribution in [2.75, 3.05) is 5.73 Å². The zero-order chi connectivity index (χ0) is 11.8. The first-order valence-electron chi connectivity index (χ1n) is 5.16. The molecule has 0 amide bonds. The fraction of sp³-hybridized carbons (Fsp3) is 0.333. The third-order valence-corrected chi connectivity index (χ3v) is 2.40. The van der Waals surface area contributed by atoms with Crippen LogP contribution < -0.4 is 5.73 Å². The van der Waals surface area contributed by atoms with Crippen molar-refractivity contribution in [3.05, 3.63) is 30.2 Å². The summed E-state index contributed by atoms with van der Waals surface area (Å²) in [5, 5.41) is 4.04. The van der Waals surface area contributed by atoms with E-state index in [0.717, 1.165) is 16.8 Å². The minimum absolute atomic E-state index is 0.0975. The Morgan fingerprint density at radius 3 is 2.38 bits per heavy atom. The van der Waals surface area contributed by atoms with Crippen LogP contribution in [0.5, 0.6) is 0 Å². The molecule has 2 N–H and O–H groups in total. The summed E-state index contributed by atoms with van der Waals surface area (Å²) in [6.07, 6.45) is 3.46. The maximum Gasteiger partial charge on any atom is 0.230 e. The third kappa shape index (κ3) is 1.78. The fourth-order valence-electron chi connectivity index (χ4n) is 1.61. The quantitative estimate of drug-likeness (QED) is 0.797. The molecule has 2 rings (SSSR count). The van der Waals surface area contributed by atoms with Gasteiger partial charge in [0.05, 0.1) is 11.3 Å². The zero-order valence-electron chi connectivity index (χ0n) is 9.69. The second-order valence-electron chi connectivity index (χ2n) is 4.76. The van der Waals surface area contributed by atoms with Crippen molar-refractivity contribution in [2.45, 2.75) is 26.2 Å². The van der Waals surface area contributed by atoms with Crippen LogP contribution in [0.4, 0.5) is 5.88 Å². The summed E-state index contributed by atoms with van der Waals surface area (Å²) in [4.78, 5) is 3.98. The molecule has 0 unspecified atom stereocenters. The number of hydrogen-bond acceptors (Lipinski definition) is 4. The molecule has 0 radical (unpaired) electrons. The van der Waals surface area contributed by atoms with Crippen LogP contribution in [0.15, 0.2) is 29.0 Å². The second-order valence-corrected chi connectivity index (χ2v) is 4.76. The van der Waals surface area contributed by atoms with Gasteiger partial charge in [-0.1, -0.05) is 25.9 Å². The fourth-order valence-corrected chi connectivity index (χ4v) is 1.61. The van der Waals surface area contributed by atoms with E-state index in [1.165, 1.54) is 0 Å². The van der Waals surface area contributed by atoms with Crippen molar-refractivity contribution in [1.82, 2.24) is 10.1 Å². The highest BCUT2D eigenvalue weighted by molar-refractivity contribution is 5.75. The Kier molecular flexibility index (Phi) is 2.42. The number of anilines is 1. The minimum Gasteiger partial charge on any atom is -0.367 e. The first kappa shape index (κ1) is 10.7. The summed E-state index contributed by atoms with van der Waals surface area (Å²) in [5.74, 6) is 0.358. The molecular formula is C12H15N3O. The normalized spacial score (nSPS) is 11.7. The molecule has 0 aromatic carbocycles. The summed E-state index contributed by atoms with van der Waals surface area (Å²) in [6.45, 7) is 6.24. The van der Waals surface area contributed by atoms with Crippen LogP contribution in [0.1, 0.15) is 26.5 Å². The van der Waals surface area contributed by atoms with Gasteiger partial charge < -0.3 is 10.3 Å². The molecule has 0 fully saturated rings. The molecular weight excluding hydrogens is 202 g/mol. The highest BCUT2D eigenvalue weighted by Crippen LogP contribution is 2.35. The van der Waals surface area contributed by atoms with E-state index in [0.29, 0.717) is 5.88 Å².